The third-order valence-electron chi connectivity index (χ3n) is 2.75. The molecule has 20 heavy (non-hydrogen) atoms. The number of thioether (sulfide) groups is 1. The molecule has 1 aromatic carbocycles. The van der Waals surface area contributed by atoms with Gasteiger partial charge in [0.05, 0.1) is 12.7 Å². The fourth-order valence-corrected chi connectivity index (χ4v) is 2.61. The van der Waals surface area contributed by atoms with E-state index in [-0.39, 0.29) is 17.7 Å². The summed E-state index contributed by atoms with van der Waals surface area (Å²) in [5, 5.41) is 2.58. The zero-order valence-electron chi connectivity index (χ0n) is 10.9. The van der Waals surface area contributed by atoms with Crippen LogP contribution in [0, 0.1) is 0 Å². The second-order valence-electron chi connectivity index (χ2n) is 4.16. The number of carbonyl (C=O) groups excluding carboxylic acids is 3. The molecule has 106 valence electrons. The summed E-state index contributed by atoms with van der Waals surface area (Å²) in [4.78, 5) is 36.1. The molecule has 0 spiro atoms. The number of methoxy groups -OCH3 is 1. The van der Waals surface area contributed by atoms with Gasteiger partial charge in [0.25, 0.3) is 5.24 Å². The van der Waals surface area contributed by atoms with Crippen LogP contribution in [0.3, 0.4) is 0 Å². The maximum Gasteiger partial charge on any atom is 0.337 e. The second kappa shape index (κ2) is 6.42. The van der Waals surface area contributed by atoms with Crippen molar-refractivity contribution < 1.29 is 19.1 Å². The van der Waals surface area contributed by atoms with Crippen molar-refractivity contribution in [1.82, 2.24) is 4.90 Å². The summed E-state index contributed by atoms with van der Waals surface area (Å²) >= 11 is 1.21. The first-order valence-corrected chi connectivity index (χ1v) is 6.98. The summed E-state index contributed by atoms with van der Waals surface area (Å²) in [5.41, 5.74) is 0.857. The van der Waals surface area contributed by atoms with E-state index in [0.29, 0.717) is 23.5 Å². The first-order valence-electron chi connectivity index (χ1n) is 6.00. The fourth-order valence-electron chi connectivity index (χ4n) is 1.78. The van der Waals surface area contributed by atoms with E-state index in [2.05, 4.69) is 10.1 Å². The zero-order chi connectivity index (χ0) is 14.5. The number of nitrogens with one attached hydrogen (secondary N) is 1. The van der Waals surface area contributed by atoms with Crippen LogP contribution in [0.15, 0.2) is 24.3 Å². The van der Waals surface area contributed by atoms with E-state index < -0.39 is 5.97 Å². The summed E-state index contributed by atoms with van der Waals surface area (Å²) in [7, 11) is 1.30. The van der Waals surface area contributed by atoms with Crippen LogP contribution in [-0.4, -0.2) is 48.0 Å². The van der Waals surface area contributed by atoms with E-state index in [9.17, 15) is 14.4 Å². The Morgan fingerprint density at radius 2 is 2.25 bits per heavy atom. The summed E-state index contributed by atoms with van der Waals surface area (Å²) in [6, 6.07) is 6.45. The lowest BCUT2D eigenvalue weighted by molar-refractivity contribution is -0.116. The molecule has 0 aromatic heterocycles. The lowest BCUT2D eigenvalue weighted by Crippen LogP contribution is -2.33. The van der Waals surface area contributed by atoms with E-state index in [4.69, 9.17) is 0 Å². The Kier molecular flexibility index (Phi) is 4.62. The number of rotatable bonds is 4. The zero-order valence-corrected chi connectivity index (χ0v) is 11.7. The van der Waals surface area contributed by atoms with Crippen molar-refractivity contribution in [3.05, 3.63) is 29.8 Å². The van der Waals surface area contributed by atoms with Gasteiger partial charge in [-0.05, 0) is 18.2 Å². The predicted molar refractivity (Wildman–Crippen MR) is 75.8 cm³/mol. The van der Waals surface area contributed by atoms with Gasteiger partial charge in [0.15, 0.2) is 0 Å². The van der Waals surface area contributed by atoms with Crippen molar-refractivity contribution in [3.8, 4) is 0 Å². The number of nitrogens with zero attached hydrogens (tertiary/aromatic N) is 1. The number of hydrogen-bond donors (Lipinski definition) is 1. The van der Waals surface area contributed by atoms with Crippen molar-refractivity contribution >= 4 is 34.6 Å². The Morgan fingerprint density at radius 1 is 1.45 bits per heavy atom. The predicted octanol–water partition coefficient (Wildman–Crippen LogP) is 1.58. The van der Waals surface area contributed by atoms with Crippen LogP contribution in [0.25, 0.3) is 0 Å². The first kappa shape index (κ1) is 14.4. The summed E-state index contributed by atoms with van der Waals surface area (Å²) in [6.07, 6.45) is 0. The topological polar surface area (TPSA) is 75.7 Å². The quantitative estimate of drug-likeness (QED) is 0.853. The minimum Gasteiger partial charge on any atom is -0.465 e. The van der Waals surface area contributed by atoms with E-state index in [1.165, 1.54) is 29.8 Å². The van der Waals surface area contributed by atoms with Gasteiger partial charge < -0.3 is 15.0 Å². The summed E-state index contributed by atoms with van der Waals surface area (Å²) in [5.74, 6) is -0.0423. The maximum atomic E-state index is 11.8. The van der Waals surface area contributed by atoms with Gasteiger partial charge in [-0.2, -0.15) is 0 Å². The molecule has 7 heteroatoms. The SMILES string of the molecule is COC(=O)c1cccc(NC(=O)CN2CCSC2=O)c1. The normalized spacial score (nSPS) is 14.2. The largest absolute Gasteiger partial charge is 0.465 e. The number of anilines is 1. The van der Waals surface area contributed by atoms with E-state index >= 15 is 0 Å². The number of hydrogen-bond acceptors (Lipinski definition) is 5. The van der Waals surface area contributed by atoms with Gasteiger partial charge in [-0.3, -0.25) is 9.59 Å². The molecule has 1 heterocycles. The highest BCUT2D eigenvalue weighted by molar-refractivity contribution is 8.13. The van der Waals surface area contributed by atoms with Crippen LogP contribution in [0.5, 0.6) is 0 Å². The van der Waals surface area contributed by atoms with Crippen molar-refractivity contribution in [2.24, 2.45) is 0 Å². The number of esters is 1. The van der Waals surface area contributed by atoms with Crippen LogP contribution >= 0.6 is 11.8 Å². The Hall–Kier alpha value is -2.02. The molecule has 0 saturated carbocycles. The minimum absolute atomic E-state index is 0.0221. The standard InChI is InChI=1S/C13H14N2O4S/c1-19-12(17)9-3-2-4-10(7-9)14-11(16)8-15-5-6-20-13(15)18/h2-4,7H,5-6,8H2,1H3,(H,14,16). The number of benzene rings is 1. The van der Waals surface area contributed by atoms with Crippen molar-refractivity contribution in [1.29, 1.82) is 0 Å². The highest BCUT2D eigenvalue weighted by Crippen LogP contribution is 2.17. The van der Waals surface area contributed by atoms with Crippen LogP contribution < -0.4 is 5.32 Å². The molecular formula is C13H14N2O4S. The van der Waals surface area contributed by atoms with Gasteiger partial charge >= 0.3 is 5.97 Å². The molecule has 2 amide bonds. The van der Waals surface area contributed by atoms with Gasteiger partial charge in [0.2, 0.25) is 5.91 Å². The molecule has 0 unspecified atom stereocenters. The highest BCUT2D eigenvalue weighted by atomic mass is 32.2. The van der Waals surface area contributed by atoms with Crippen molar-refractivity contribution in [3.63, 3.8) is 0 Å². The van der Waals surface area contributed by atoms with E-state index in [1.54, 1.807) is 18.2 Å². The van der Waals surface area contributed by atoms with Gasteiger partial charge in [-0.1, -0.05) is 17.8 Å². The molecule has 1 aromatic rings. The molecule has 1 saturated heterocycles. The van der Waals surface area contributed by atoms with E-state index in [1.807, 2.05) is 0 Å². The molecular weight excluding hydrogens is 280 g/mol. The van der Waals surface area contributed by atoms with Crippen molar-refractivity contribution in [2.45, 2.75) is 0 Å². The molecule has 1 aliphatic heterocycles. The molecule has 0 radical (unpaired) electrons. The number of carbonyl (C=O) groups is 3. The van der Waals surface area contributed by atoms with Crippen LogP contribution in [0.1, 0.15) is 10.4 Å². The molecule has 6 nitrogen and oxygen atoms in total. The lowest BCUT2D eigenvalue weighted by atomic mass is 10.2. The monoisotopic (exact) mass is 294 g/mol. The third-order valence-corrected chi connectivity index (χ3v) is 3.64. The molecule has 0 aliphatic carbocycles. The van der Waals surface area contributed by atoms with Crippen molar-refractivity contribution in [2.75, 3.05) is 31.3 Å². The Labute approximate surface area is 120 Å². The maximum absolute atomic E-state index is 11.8. The number of ether oxygens (including phenoxy) is 1. The van der Waals surface area contributed by atoms with Gasteiger partial charge in [-0.15, -0.1) is 0 Å². The van der Waals surface area contributed by atoms with Crippen LogP contribution in [0.4, 0.5) is 10.5 Å². The fraction of sp³-hybridized carbons (Fsp3) is 0.308. The summed E-state index contributed by atoms with van der Waals surface area (Å²) < 4.78 is 4.61. The number of amides is 2. The Bertz CT molecular complexity index is 547. The minimum atomic E-state index is -0.466. The molecule has 1 N–H and O–H groups in total. The first-order chi connectivity index (χ1) is 9.60. The lowest BCUT2D eigenvalue weighted by Gasteiger charge is -2.14. The molecule has 0 atom stereocenters. The average Bonchev–Trinajstić information content (AvgIpc) is 2.83. The molecule has 1 fully saturated rings. The smallest absolute Gasteiger partial charge is 0.337 e. The summed E-state index contributed by atoms with van der Waals surface area (Å²) in [6.45, 7) is 0.605. The van der Waals surface area contributed by atoms with Gasteiger partial charge in [0.1, 0.15) is 6.54 Å². The Morgan fingerprint density at radius 3 is 2.90 bits per heavy atom. The Balaban J connectivity index is 1.97. The molecule has 1 aliphatic rings. The van der Waals surface area contributed by atoms with Crippen LogP contribution in [-0.2, 0) is 9.53 Å². The highest BCUT2D eigenvalue weighted by Gasteiger charge is 2.23. The molecule has 0 bridgehead atoms. The second-order valence-corrected chi connectivity index (χ2v) is 5.20. The van der Waals surface area contributed by atoms with Gasteiger partial charge in [-0.25, -0.2) is 4.79 Å². The molecule has 2 rings (SSSR count). The van der Waals surface area contributed by atoms with Gasteiger partial charge in [0, 0.05) is 18.0 Å². The average molecular weight is 294 g/mol. The van der Waals surface area contributed by atoms with E-state index in [0.717, 1.165) is 0 Å². The van der Waals surface area contributed by atoms with Crippen LogP contribution in [0.2, 0.25) is 0 Å². The third kappa shape index (κ3) is 3.51.